The largest absolute Gasteiger partial charge is 0.491 e. The van der Waals surface area contributed by atoms with Crippen molar-refractivity contribution in [3.05, 3.63) is 23.8 Å². The van der Waals surface area contributed by atoms with Gasteiger partial charge in [-0.25, -0.2) is 0 Å². The van der Waals surface area contributed by atoms with Gasteiger partial charge in [0.05, 0.1) is 6.61 Å². The molecular formula is C13H18O4. The Morgan fingerprint density at radius 1 is 1.35 bits per heavy atom. The van der Waals surface area contributed by atoms with Crippen molar-refractivity contribution < 1.29 is 18.9 Å². The van der Waals surface area contributed by atoms with E-state index in [2.05, 4.69) is 6.92 Å². The molecule has 1 aliphatic heterocycles. The Kier molecular flexibility index (Phi) is 4.23. The zero-order valence-corrected chi connectivity index (χ0v) is 10.3. The molecule has 0 N–H and O–H groups in total. The summed E-state index contributed by atoms with van der Waals surface area (Å²) >= 11 is 0. The maximum Gasteiger partial charge on any atom is 0.188 e. The predicted molar refractivity (Wildman–Crippen MR) is 63.6 cm³/mol. The smallest absolute Gasteiger partial charge is 0.188 e. The fourth-order valence-electron chi connectivity index (χ4n) is 1.54. The van der Waals surface area contributed by atoms with Crippen molar-refractivity contribution in [3.8, 4) is 11.5 Å². The highest BCUT2D eigenvalue weighted by Crippen LogP contribution is 2.25. The van der Waals surface area contributed by atoms with Crippen LogP contribution in [-0.2, 0) is 15.9 Å². The highest BCUT2D eigenvalue weighted by molar-refractivity contribution is 5.40. The molecule has 17 heavy (non-hydrogen) atoms. The molecule has 0 saturated carbocycles. The Morgan fingerprint density at radius 2 is 2.18 bits per heavy atom. The van der Waals surface area contributed by atoms with Gasteiger partial charge >= 0.3 is 0 Å². The summed E-state index contributed by atoms with van der Waals surface area (Å²) in [6.07, 6.45) is 1.18. The molecule has 1 aromatic carbocycles. The van der Waals surface area contributed by atoms with Gasteiger partial charge in [-0.2, -0.15) is 0 Å². The highest BCUT2D eigenvalue weighted by atomic mass is 16.7. The number of methoxy groups -OCH3 is 1. The molecule has 0 aromatic heterocycles. The summed E-state index contributed by atoms with van der Waals surface area (Å²) in [5, 5.41) is 0. The molecule has 4 nitrogen and oxygen atoms in total. The van der Waals surface area contributed by atoms with E-state index in [9.17, 15) is 0 Å². The molecule has 94 valence electrons. The average Bonchev–Trinajstić information content (AvgIpc) is 3.18. The van der Waals surface area contributed by atoms with Gasteiger partial charge < -0.3 is 18.9 Å². The van der Waals surface area contributed by atoms with Gasteiger partial charge in [0, 0.05) is 7.11 Å². The second-order valence-corrected chi connectivity index (χ2v) is 3.94. The van der Waals surface area contributed by atoms with E-state index in [1.807, 2.05) is 18.2 Å². The van der Waals surface area contributed by atoms with Gasteiger partial charge in [0.15, 0.2) is 6.79 Å². The zero-order chi connectivity index (χ0) is 12.1. The van der Waals surface area contributed by atoms with E-state index in [1.165, 1.54) is 0 Å². The molecule has 2 rings (SSSR count). The number of hydrogen-bond donors (Lipinski definition) is 0. The quantitative estimate of drug-likeness (QED) is 0.538. The average molecular weight is 238 g/mol. The lowest BCUT2D eigenvalue weighted by Crippen LogP contribution is -2.05. The van der Waals surface area contributed by atoms with Crippen LogP contribution in [0.4, 0.5) is 0 Å². The molecule has 1 aliphatic rings. The number of ether oxygens (including phenoxy) is 4. The van der Waals surface area contributed by atoms with Crippen LogP contribution in [0.3, 0.4) is 0 Å². The molecule has 0 bridgehead atoms. The number of epoxide rings is 1. The van der Waals surface area contributed by atoms with E-state index in [-0.39, 0.29) is 12.9 Å². The molecule has 0 aliphatic carbocycles. The van der Waals surface area contributed by atoms with Crippen LogP contribution in [0.2, 0.25) is 0 Å². The molecule has 1 fully saturated rings. The Balaban J connectivity index is 1.98. The molecule has 1 heterocycles. The van der Waals surface area contributed by atoms with Crippen LogP contribution in [0.15, 0.2) is 18.2 Å². The topological polar surface area (TPSA) is 40.2 Å². The lowest BCUT2D eigenvalue weighted by atomic mass is 10.1. The third-order valence-corrected chi connectivity index (χ3v) is 2.58. The summed E-state index contributed by atoms with van der Waals surface area (Å²) in [6.45, 7) is 3.79. The van der Waals surface area contributed by atoms with Crippen LogP contribution < -0.4 is 9.47 Å². The Morgan fingerprint density at radius 3 is 2.82 bits per heavy atom. The Hall–Kier alpha value is -1.26. The van der Waals surface area contributed by atoms with E-state index in [1.54, 1.807) is 7.11 Å². The van der Waals surface area contributed by atoms with E-state index in [0.29, 0.717) is 6.61 Å². The summed E-state index contributed by atoms with van der Waals surface area (Å²) in [6, 6.07) is 5.83. The number of hydrogen-bond acceptors (Lipinski definition) is 4. The zero-order valence-electron chi connectivity index (χ0n) is 10.3. The van der Waals surface area contributed by atoms with Crippen molar-refractivity contribution in [1.29, 1.82) is 0 Å². The van der Waals surface area contributed by atoms with Gasteiger partial charge in [0.25, 0.3) is 0 Å². The SMILES string of the molecule is CCc1cc(OCC2CO2)ccc1OCOC. The van der Waals surface area contributed by atoms with Gasteiger partial charge in [-0.15, -0.1) is 0 Å². The summed E-state index contributed by atoms with van der Waals surface area (Å²) < 4.78 is 21.1. The van der Waals surface area contributed by atoms with Crippen molar-refractivity contribution >= 4 is 0 Å². The monoisotopic (exact) mass is 238 g/mol. The maximum absolute atomic E-state index is 5.62. The normalized spacial score (nSPS) is 17.9. The van der Waals surface area contributed by atoms with E-state index >= 15 is 0 Å². The van der Waals surface area contributed by atoms with E-state index < -0.39 is 0 Å². The minimum Gasteiger partial charge on any atom is -0.491 e. The summed E-state index contributed by atoms with van der Waals surface area (Å²) in [7, 11) is 1.61. The number of benzene rings is 1. The molecule has 1 saturated heterocycles. The minimum absolute atomic E-state index is 0.267. The predicted octanol–water partition coefficient (Wildman–Crippen LogP) is 2.01. The van der Waals surface area contributed by atoms with Crippen LogP contribution in [0, 0.1) is 0 Å². The summed E-state index contributed by atoms with van der Waals surface area (Å²) in [4.78, 5) is 0. The van der Waals surface area contributed by atoms with Crippen LogP contribution in [-0.4, -0.2) is 33.2 Å². The third-order valence-electron chi connectivity index (χ3n) is 2.58. The van der Waals surface area contributed by atoms with Gasteiger partial charge in [-0.05, 0) is 30.2 Å². The number of rotatable bonds is 7. The minimum atomic E-state index is 0.267. The van der Waals surface area contributed by atoms with Gasteiger partial charge in [-0.3, -0.25) is 0 Å². The molecule has 4 heteroatoms. The lowest BCUT2D eigenvalue weighted by Gasteiger charge is -2.11. The van der Waals surface area contributed by atoms with Crippen molar-refractivity contribution in [2.75, 3.05) is 27.1 Å². The molecule has 1 unspecified atom stereocenters. The molecule has 1 aromatic rings. The Bertz CT molecular complexity index is 360. The standard InChI is InChI=1S/C13H18O4/c1-3-10-6-11(15-7-12-8-16-12)4-5-13(10)17-9-14-2/h4-6,12H,3,7-9H2,1-2H3. The first-order valence-corrected chi connectivity index (χ1v) is 5.82. The van der Waals surface area contributed by atoms with Crippen molar-refractivity contribution in [3.63, 3.8) is 0 Å². The fourth-order valence-corrected chi connectivity index (χ4v) is 1.54. The van der Waals surface area contributed by atoms with Crippen LogP contribution in [0.5, 0.6) is 11.5 Å². The van der Waals surface area contributed by atoms with Gasteiger partial charge in [0.2, 0.25) is 0 Å². The maximum atomic E-state index is 5.62. The molecule has 1 atom stereocenters. The summed E-state index contributed by atoms with van der Waals surface area (Å²) in [5.41, 5.74) is 1.12. The first-order chi connectivity index (χ1) is 8.33. The Labute approximate surface area is 101 Å². The van der Waals surface area contributed by atoms with Gasteiger partial charge in [-0.1, -0.05) is 6.92 Å². The second-order valence-electron chi connectivity index (χ2n) is 3.94. The van der Waals surface area contributed by atoms with Crippen molar-refractivity contribution in [1.82, 2.24) is 0 Å². The van der Waals surface area contributed by atoms with Crippen molar-refractivity contribution in [2.45, 2.75) is 19.4 Å². The highest BCUT2D eigenvalue weighted by Gasteiger charge is 2.23. The van der Waals surface area contributed by atoms with E-state index in [0.717, 1.165) is 30.1 Å². The number of aryl methyl sites for hydroxylation is 1. The summed E-state index contributed by atoms with van der Waals surface area (Å²) in [5.74, 6) is 1.71. The molecule has 0 spiro atoms. The fraction of sp³-hybridized carbons (Fsp3) is 0.538. The molecular weight excluding hydrogens is 220 g/mol. The first-order valence-electron chi connectivity index (χ1n) is 5.82. The lowest BCUT2D eigenvalue weighted by molar-refractivity contribution is 0.0504. The van der Waals surface area contributed by atoms with Gasteiger partial charge in [0.1, 0.15) is 24.2 Å². The van der Waals surface area contributed by atoms with Crippen LogP contribution >= 0.6 is 0 Å². The van der Waals surface area contributed by atoms with Crippen LogP contribution in [0.1, 0.15) is 12.5 Å². The van der Waals surface area contributed by atoms with Crippen LogP contribution in [0.25, 0.3) is 0 Å². The third kappa shape index (κ3) is 3.61. The second kappa shape index (κ2) is 5.89. The molecule has 0 radical (unpaired) electrons. The van der Waals surface area contributed by atoms with Crippen molar-refractivity contribution in [2.24, 2.45) is 0 Å². The van der Waals surface area contributed by atoms with E-state index in [4.69, 9.17) is 18.9 Å². The molecule has 0 amide bonds. The first kappa shape index (κ1) is 12.2.